The molecule has 18 nitrogen and oxygen atoms in total. The van der Waals surface area contributed by atoms with Crippen LogP contribution >= 0.6 is 0 Å². The zero-order valence-corrected chi connectivity index (χ0v) is 49.5. The summed E-state index contributed by atoms with van der Waals surface area (Å²) in [5.41, 5.74) is 6.77. The molecule has 1 aliphatic carbocycles. The number of halogens is 1. The number of nitrogens with zero attached hydrogens (tertiary/aromatic N) is 8. The second-order valence-corrected chi connectivity index (χ2v) is 25.4. The number of pyridine rings is 1. The molecule has 4 saturated heterocycles. The van der Waals surface area contributed by atoms with Gasteiger partial charge in [0, 0.05) is 98.1 Å². The normalized spacial score (nSPS) is 21.6. The van der Waals surface area contributed by atoms with Gasteiger partial charge in [0.05, 0.1) is 39.8 Å². The summed E-state index contributed by atoms with van der Waals surface area (Å²) in [7, 11) is 0. The number of nitrogens with one attached hydrogen (secondary N) is 2. The lowest BCUT2D eigenvalue weighted by atomic mass is 9.73. The molecule has 0 radical (unpaired) electrons. The predicted octanol–water partition coefficient (Wildman–Crippen LogP) is 10.1. The van der Waals surface area contributed by atoms with Crippen molar-refractivity contribution in [3.63, 3.8) is 0 Å². The van der Waals surface area contributed by atoms with E-state index in [9.17, 15) is 28.8 Å². The fourth-order valence-electron chi connectivity index (χ4n) is 14.3. The molecule has 8 heterocycles. The van der Waals surface area contributed by atoms with Crippen molar-refractivity contribution in [1.82, 2.24) is 34.6 Å². The highest BCUT2D eigenvalue weighted by Gasteiger charge is 2.56. The van der Waals surface area contributed by atoms with E-state index in [2.05, 4.69) is 51.3 Å². The van der Waals surface area contributed by atoms with Gasteiger partial charge < -0.3 is 34.2 Å². The number of anilines is 4. The minimum absolute atomic E-state index is 0.0130. The van der Waals surface area contributed by atoms with E-state index in [4.69, 9.17) is 14.7 Å². The van der Waals surface area contributed by atoms with Gasteiger partial charge in [-0.3, -0.25) is 43.8 Å². The number of hydrogen-bond acceptors (Lipinski definition) is 13. The first-order valence-electron chi connectivity index (χ1n) is 30.8. The molecular weight excluding hydrogens is 1090 g/mol. The maximum Gasteiger partial charge on any atom is 0.262 e. The Kier molecular flexibility index (Phi) is 14.9. The molecule has 1 spiro atoms. The Balaban J connectivity index is 0.701. The Morgan fingerprint density at radius 1 is 0.791 bits per heavy atom. The average Bonchev–Trinajstić information content (AvgIpc) is 1.81. The molecule has 86 heavy (non-hydrogen) atoms. The summed E-state index contributed by atoms with van der Waals surface area (Å²) >= 11 is 0. The van der Waals surface area contributed by atoms with Gasteiger partial charge in [0.2, 0.25) is 17.7 Å². The van der Waals surface area contributed by atoms with Gasteiger partial charge in [0.15, 0.2) is 11.6 Å². The quantitative estimate of drug-likeness (QED) is 0.0772. The second-order valence-electron chi connectivity index (χ2n) is 25.4. The molecule has 4 aromatic carbocycles. The van der Waals surface area contributed by atoms with Crippen molar-refractivity contribution >= 4 is 75.1 Å². The average molecular weight is 1170 g/mol. The third-order valence-electron chi connectivity index (χ3n) is 19.2. The van der Waals surface area contributed by atoms with Crippen molar-refractivity contribution in [3.05, 3.63) is 124 Å². The van der Waals surface area contributed by atoms with Crippen molar-refractivity contribution in [2.45, 2.75) is 147 Å². The van der Waals surface area contributed by atoms with Crippen LogP contribution in [-0.4, -0.2) is 134 Å². The maximum atomic E-state index is 16.0. The highest BCUT2D eigenvalue weighted by atomic mass is 19.1. The summed E-state index contributed by atoms with van der Waals surface area (Å²) in [6.45, 7) is 14.1. The molecule has 446 valence electrons. The lowest BCUT2D eigenvalue weighted by Crippen LogP contribution is -2.58. The minimum atomic E-state index is -1.02. The molecule has 1 unspecified atom stereocenters. The summed E-state index contributed by atoms with van der Waals surface area (Å²) in [6, 6.07) is 23.0. The van der Waals surface area contributed by atoms with Crippen LogP contribution in [0.5, 0.6) is 5.75 Å². The smallest absolute Gasteiger partial charge is 0.262 e. The van der Waals surface area contributed by atoms with E-state index in [0.717, 1.165) is 53.3 Å². The van der Waals surface area contributed by atoms with Crippen LogP contribution in [0.3, 0.4) is 0 Å². The number of ketones is 1. The van der Waals surface area contributed by atoms with Gasteiger partial charge in [-0.2, -0.15) is 0 Å². The van der Waals surface area contributed by atoms with Crippen LogP contribution < -0.4 is 25.2 Å². The third kappa shape index (κ3) is 10.2. The Labute approximate surface area is 499 Å². The number of fused-ring (bicyclic) bond motifs is 4. The predicted molar refractivity (Wildman–Crippen MR) is 324 cm³/mol. The molecule has 5 fully saturated rings. The van der Waals surface area contributed by atoms with Gasteiger partial charge in [-0.1, -0.05) is 32.4 Å². The van der Waals surface area contributed by atoms with Crippen molar-refractivity contribution in [3.8, 4) is 17.0 Å². The molecule has 7 aliphatic rings. The number of hydrogen-bond donors (Lipinski definition) is 2. The van der Waals surface area contributed by atoms with E-state index in [1.165, 1.54) is 25.3 Å². The Hall–Kier alpha value is -8.32. The van der Waals surface area contributed by atoms with E-state index in [0.29, 0.717) is 109 Å². The van der Waals surface area contributed by atoms with E-state index < -0.39 is 40.9 Å². The summed E-state index contributed by atoms with van der Waals surface area (Å²) in [4.78, 5) is 114. The molecule has 13 rings (SSSR count). The van der Waals surface area contributed by atoms with Gasteiger partial charge in [0.1, 0.15) is 29.2 Å². The first kappa shape index (κ1) is 56.8. The Morgan fingerprint density at radius 2 is 1.52 bits per heavy atom. The molecular formula is C67H73FN10O8. The van der Waals surface area contributed by atoms with Crippen LogP contribution in [0, 0.1) is 18.7 Å². The molecule has 6 aliphatic heterocycles. The lowest BCUT2D eigenvalue weighted by molar-refractivity contribution is -0.136. The van der Waals surface area contributed by atoms with Crippen LogP contribution in [-0.2, 0) is 19.8 Å². The first-order chi connectivity index (χ1) is 41.4. The Bertz CT molecular complexity index is 3760. The number of aromatic nitrogens is 3. The van der Waals surface area contributed by atoms with Gasteiger partial charge in [-0.15, -0.1) is 0 Å². The molecule has 1 saturated carbocycles. The number of carbonyl (C=O) groups excluding carboxylic acids is 7. The highest BCUT2D eigenvalue weighted by molar-refractivity contribution is 6.24. The fraction of sp³-hybridized carbons (Fsp3) is 0.448. The third-order valence-corrected chi connectivity index (χ3v) is 19.2. The van der Waals surface area contributed by atoms with Crippen LogP contribution in [0.25, 0.3) is 22.3 Å². The summed E-state index contributed by atoms with van der Waals surface area (Å²) in [5, 5.41) is 5.54. The topological polar surface area (TPSA) is 200 Å². The largest absolute Gasteiger partial charge is 0.490 e. The van der Waals surface area contributed by atoms with Crippen LogP contribution in [0.2, 0.25) is 0 Å². The highest BCUT2D eigenvalue weighted by Crippen LogP contribution is 2.52. The molecule has 2 aromatic heterocycles. The SMILES string of the molecule is Cc1cc(F)c(Nc2nc(-c3ccc4c(c3)N(C3CC(N5CCCCC5)C3)C(=O)C43CCN(C(=O)c4ccc(OC5CCN(c6ccc7c(c6)C(=O)N(C6CCC(=O)NC6=O)C7=O)CC5)cc4)CC3)cc3ncn(C(C)C)c23)cc1C(=O)CC(C)C. The second kappa shape index (κ2) is 22.5. The number of imide groups is 2. The van der Waals surface area contributed by atoms with Gasteiger partial charge in [-0.05, 0) is 163 Å². The summed E-state index contributed by atoms with van der Waals surface area (Å²) in [5.74, 6) is -1.51. The number of likely N-dealkylation sites (tertiary alicyclic amines) is 2. The summed E-state index contributed by atoms with van der Waals surface area (Å²) in [6.07, 6.45) is 9.92. The molecule has 6 aromatic rings. The van der Waals surface area contributed by atoms with Crippen LogP contribution in [0.4, 0.5) is 27.3 Å². The number of Topliss-reactive ketones (excluding diaryl/α,β-unsaturated/α-hetero) is 1. The number of imidazole rings is 1. The van der Waals surface area contributed by atoms with Crippen molar-refractivity contribution < 1.29 is 42.7 Å². The van der Waals surface area contributed by atoms with Gasteiger partial charge >= 0.3 is 0 Å². The fourth-order valence-corrected chi connectivity index (χ4v) is 14.3. The van der Waals surface area contributed by atoms with E-state index in [-0.39, 0.29) is 71.4 Å². The minimum Gasteiger partial charge on any atom is -0.490 e. The number of benzene rings is 4. The lowest BCUT2D eigenvalue weighted by Gasteiger charge is -2.48. The summed E-state index contributed by atoms with van der Waals surface area (Å²) < 4.78 is 24.4. The zero-order chi connectivity index (χ0) is 59.9. The first-order valence-corrected chi connectivity index (χ1v) is 30.8. The number of ether oxygens (including phenoxy) is 1. The molecule has 1 atom stereocenters. The van der Waals surface area contributed by atoms with Crippen molar-refractivity contribution in [2.75, 3.05) is 54.4 Å². The molecule has 6 amide bonds. The van der Waals surface area contributed by atoms with Crippen molar-refractivity contribution in [1.29, 1.82) is 0 Å². The van der Waals surface area contributed by atoms with E-state index >= 15 is 9.18 Å². The van der Waals surface area contributed by atoms with Crippen LogP contribution in [0.1, 0.15) is 163 Å². The number of aryl methyl sites for hydroxylation is 1. The number of piperidine rings is 4. The standard InChI is InChI=1S/C67H73FN10O8/c1-38(2)29-58(79)49-35-54(52(68)30-40(49)5)71-61-60-55(69-37-76(60)39(3)4)36-53(70-61)42-11-16-51-57(31-42)77(45-32-44(33-45)73-23-7-6-8-24-73)66(85)67(51)21-27-75(28-22-67)63(82)41-9-13-46(14-10-41)86-47-19-25-74(26-20-47)43-12-15-48-50(34-43)65(84)78(64(48)83)56-17-18-59(80)72-62(56)81/h9-16,30-31,34-39,44-45,47,56H,6-8,17-29,32-33H2,1-5H3,(H,70,71)(H,72,80,81). The van der Waals surface area contributed by atoms with Gasteiger partial charge in [-0.25, -0.2) is 14.4 Å². The van der Waals surface area contributed by atoms with Crippen molar-refractivity contribution in [2.24, 2.45) is 5.92 Å². The van der Waals surface area contributed by atoms with E-state index in [1.807, 2.05) is 53.6 Å². The Morgan fingerprint density at radius 3 is 2.23 bits per heavy atom. The molecule has 2 N–H and O–H groups in total. The number of carbonyl (C=O) groups is 7. The van der Waals surface area contributed by atoms with Gasteiger partial charge in [0.25, 0.3) is 17.7 Å². The maximum absolute atomic E-state index is 16.0. The zero-order valence-electron chi connectivity index (χ0n) is 49.5. The van der Waals surface area contributed by atoms with E-state index in [1.54, 1.807) is 43.6 Å². The number of rotatable bonds is 14. The molecule has 0 bridgehead atoms. The monoisotopic (exact) mass is 1160 g/mol. The number of amides is 6. The van der Waals surface area contributed by atoms with Crippen LogP contribution in [0.15, 0.2) is 85.2 Å². The molecule has 19 heteroatoms.